The minimum absolute atomic E-state index is 0.644. The summed E-state index contributed by atoms with van der Waals surface area (Å²) in [5, 5.41) is 0. The van der Waals surface area contributed by atoms with Gasteiger partial charge in [0.2, 0.25) is 0 Å². The molecule has 2 aromatic rings. The Hall–Kier alpha value is -1.97. The molecule has 16 heavy (non-hydrogen) atoms. The molecule has 2 rings (SSSR count). The number of furan rings is 1. The Morgan fingerprint density at radius 3 is 3.00 bits per heavy atom. The second-order valence-electron chi connectivity index (χ2n) is 3.56. The van der Waals surface area contributed by atoms with Crippen molar-refractivity contribution < 1.29 is 4.42 Å². The van der Waals surface area contributed by atoms with Crippen molar-refractivity contribution in [3.63, 3.8) is 0 Å². The number of rotatable bonds is 3. The molecule has 0 amide bonds. The highest BCUT2D eigenvalue weighted by Gasteiger charge is 2.13. The second-order valence-corrected chi connectivity index (χ2v) is 3.56. The maximum atomic E-state index is 5.91. The van der Waals surface area contributed by atoms with E-state index >= 15 is 0 Å². The van der Waals surface area contributed by atoms with E-state index in [-0.39, 0.29) is 0 Å². The van der Waals surface area contributed by atoms with Gasteiger partial charge in [0.1, 0.15) is 5.82 Å². The van der Waals surface area contributed by atoms with Gasteiger partial charge in [0.05, 0.1) is 12.5 Å². The lowest BCUT2D eigenvalue weighted by Crippen LogP contribution is -2.00. The van der Waals surface area contributed by atoms with Gasteiger partial charge in [0.25, 0.3) is 0 Å². The number of aliphatic imine (C=N–C) groups is 1. The number of nitrogens with zero attached hydrogens (tertiary/aromatic N) is 1. The maximum Gasteiger partial charge on any atom is 0.110 e. The lowest BCUT2D eigenvalue weighted by molar-refractivity contribution is 0.568. The van der Waals surface area contributed by atoms with Crippen molar-refractivity contribution >= 4 is 11.5 Å². The zero-order valence-corrected chi connectivity index (χ0v) is 9.45. The van der Waals surface area contributed by atoms with Gasteiger partial charge in [-0.3, -0.25) is 4.99 Å². The minimum atomic E-state index is 0.644. The van der Waals surface area contributed by atoms with Gasteiger partial charge in [0.15, 0.2) is 0 Å². The predicted octanol–water partition coefficient (Wildman–Crippen LogP) is 2.69. The fourth-order valence-electron chi connectivity index (χ4n) is 1.79. The topological polar surface area (TPSA) is 67.3 Å². The summed E-state index contributed by atoms with van der Waals surface area (Å²) in [5.74, 6) is 0.644. The summed E-state index contributed by atoms with van der Waals surface area (Å²) in [6.07, 6.45) is 5.23. The van der Waals surface area contributed by atoms with Gasteiger partial charge in [-0.25, -0.2) is 0 Å². The van der Waals surface area contributed by atoms with Crippen molar-refractivity contribution in [1.29, 1.82) is 0 Å². The Balaban J connectivity index is 2.53. The maximum absolute atomic E-state index is 5.91. The number of anilines is 1. The molecule has 2 heterocycles. The fourth-order valence-corrected chi connectivity index (χ4v) is 1.79. The second kappa shape index (κ2) is 4.26. The van der Waals surface area contributed by atoms with Crippen molar-refractivity contribution in [2.75, 3.05) is 12.3 Å². The molecule has 0 fully saturated rings. The first-order valence-corrected chi connectivity index (χ1v) is 5.25. The monoisotopic (exact) mass is 217 g/mol. The Labute approximate surface area is 94.2 Å². The zero-order chi connectivity index (χ0) is 11.5. The summed E-state index contributed by atoms with van der Waals surface area (Å²) in [5.41, 5.74) is 9.85. The molecular weight excluding hydrogens is 202 g/mol. The molecule has 0 atom stereocenters. The highest BCUT2D eigenvalue weighted by molar-refractivity contribution is 6.08. The van der Waals surface area contributed by atoms with Crippen LogP contribution in [-0.4, -0.2) is 17.2 Å². The molecule has 3 N–H and O–H groups in total. The van der Waals surface area contributed by atoms with Crippen LogP contribution in [0.1, 0.15) is 19.4 Å². The summed E-state index contributed by atoms with van der Waals surface area (Å²) in [6, 6.07) is 1.91. The van der Waals surface area contributed by atoms with Gasteiger partial charge < -0.3 is 15.1 Å². The molecule has 4 heteroatoms. The van der Waals surface area contributed by atoms with Crippen LogP contribution in [0.15, 0.2) is 34.2 Å². The van der Waals surface area contributed by atoms with Gasteiger partial charge in [-0.05, 0) is 19.9 Å². The lowest BCUT2D eigenvalue weighted by atomic mass is 10.0. The number of H-pyrrole nitrogens is 1. The SMILES string of the molecule is CCN=C(C)c1c(-c2ccoc2)c[nH]c1N. The quantitative estimate of drug-likeness (QED) is 0.776. The van der Waals surface area contributed by atoms with Crippen LogP contribution in [0.5, 0.6) is 0 Å². The first-order valence-electron chi connectivity index (χ1n) is 5.25. The lowest BCUT2D eigenvalue weighted by Gasteiger charge is -2.02. The van der Waals surface area contributed by atoms with Crippen molar-refractivity contribution in [3.05, 3.63) is 30.4 Å². The molecule has 0 bridgehead atoms. The van der Waals surface area contributed by atoms with E-state index in [1.165, 1.54) is 0 Å². The third kappa shape index (κ3) is 1.74. The summed E-state index contributed by atoms with van der Waals surface area (Å²) >= 11 is 0. The van der Waals surface area contributed by atoms with Crippen molar-refractivity contribution in [1.82, 2.24) is 4.98 Å². The minimum Gasteiger partial charge on any atom is -0.472 e. The molecule has 0 aliphatic rings. The molecule has 0 aliphatic carbocycles. The first-order chi connectivity index (χ1) is 7.74. The normalized spacial score (nSPS) is 12.0. The number of hydrogen-bond donors (Lipinski definition) is 2. The Morgan fingerprint density at radius 2 is 2.38 bits per heavy atom. The van der Waals surface area contributed by atoms with Crippen LogP contribution in [0.4, 0.5) is 5.82 Å². The molecule has 0 spiro atoms. The smallest absolute Gasteiger partial charge is 0.110 e. The van der Waals surface area contributed by atoms with E-state index in [4.69, 9.17) is 10.2 Å². The summed E-state index contributed by atoms with van der Waals surface area (Å²) in [6.45, 7) is 4.72. The van der Waals surface area contributed by atoms with Crippen LogP contribution in [0, 0.1) is 0 Å². The van der Waals surface area contributed by atoms with E-state index in [1.807, 2.05) is 26.1 Å². The zero-order valence-electron chi connectivity index (χ0n) is 9.45. The molecule has 2 aromatic heterocycles. The molecule has 0 aromatic carbocycles. The number of nitrogen functional groups attached to an aromatic ring is 1. The Kier molecular flexibility index (Phi) is 2.81. The number of hydrogen-bond acceptors (Lipinski definition) is 3. The van der Waals surface area contributed by atoms with E-state index in [0.29, 0.717) is 5.82 Å². The third-order valence-electron chi connectivity index (χ3n) is 2.50. The van der Waals surface area contributed by atoms with Crippen LogP contribution in [-0.2, 0) is 0 Å². The molecular formula is C12H15N3O. The van der Waals surface area contributed by atoms with E-state index in [0.717, 1.165) is 28.9 Å². The van der Waals surface area contributed by atoms with Crippen LogP contribution in [0.3, 0.4) is 0 Å². The van der Waals surface area contributed by atoms with Crippen molar-refractivity contribution in [2.45, 2.75) is 13.8 Å². The van der Waals surface area contributed by atoms with Gasteiger partial charge in [-0.1, -0.05) is 0 Å². The van der Waals surface area contributed by atoms with Crippen molar-refractivity contribution in [3.8, 4) is 11.1 Å². The standard InChI is InChI=1S/C12H15N3O/c1-3-14-8(2)11-10(6-15-12(11)13)9-4-5-16-7-9/h4-7,15H,3,13H2,1-2H3. The molecule has 0 aliphatic heterocycles. The van der Waals surface area contributed by atoms with Gasteiger partial charge >= 0.3 is 0 Å². The number of nitrogens with two attached hydrogens (primary N) is 1. The van der Waals surface area contributed by atoms with Crippen LogP contribution >= 0.6 is 0 Å². The van der Waals surface area contributed by atoms with Gasteiger partial charge in [-0.15, -0.1) is 0 Å². The molecule has 0 radical (unpaired) electrons. The van der Waals surface area contributed by atoms with E-state index in [2.05, 4.69) is 9.98 Å². The number of aromatic amines is 1. The summed E-state index contributed by atoms with van der Waals surface area (Å²) < 4.78 is 5.08. The van der Waals surface area contributed by atoms with Gasteiger partial charge in [-0.2, -0.15) is 0 Å². The largest absolute Gasteiger partial charge is 0.472 e. The third-order valence-corrected chi connectivity index (χ3v) is 2.50. The molecule has 0 unspecified atom stereocenters. The average molecular weight is 217 g/mol. The number of nitrogens with one attached hydrogen (secondary N) is 1. The average Bonchev–Trinajstić information content (AvgIpc) is 2.86. The van der Waals surface area contributed by atoms with Crippen LogP contribution in [0.25, 0.3) is 11.1 Å². The molecule has 4 nitrogen and oxygen atoms in total. The van der Waals surface area contributed by atoms with Crippen LogP contribution in [0.2, 0.25) is 0 Å². The van der Waals surface area contributed by atoms with Crippen LogP contribution < -0.4 is 5.73 Å². The van der Waals surface area contributed by atoms with E-state index in [9.17, 15) is 0 Å². The number of aromatic nitrogens is 1. The summed E-state index contributed by atoms with van der Waals surface area (Å²) in [4.78, 5) is 7.40. The van der Waals surface area contributed by atoms with Gasteiger partial charge in [0, 0.05) is 35.1 Å². The van der Waals surface area contributed by atoms with Crippen molar-refractivity contribution in [2.24, 2.45) is 4.99 Å². The Bertz CT molecular complexity index is 494. The van der Waals surface area contributed by atoms with E-state index < -0.39 is 0 Å². The molecule has 84 valence electrons. The molecule has 0 saturated heterocycles. The fraction of sp³-hybridized carbons (Fsp3) is 0.250. The van der Waals surface area contributed by atoms with E-state index in [1.54, 1.807) is 12.5 Å². The Morgan fingerprint density at radius 1 is 1.56 bits per heavy atom. The first kappa shape index (κ1) is 10.5. The highest BCUT2D eigenvalue weighted by atomic mass is 16.3. The summed E-state index contributed by atoms with van der Waals surface area (Å²) in [7, 11) is 0. The predicted molar refractivity (Wildman–Crippen MR) is 65.7 cm³/mol. The molecule has 0 saturated carbocycles. The highest BCUT2D eigenvalue weighted by Crippen LogP contribution is 2.28.